The molecule has 0 fully saturated rings. The van der Waals surface area contributed by atoms with Crippen LogP contribution < -0.4 is 5.43 Å². The molecule has 29 heavy (non-hydrogen) atoms. The van der Waals surface area contributed by atoms with Crippen LogP contribution in [0.3, 0.4) is 0 Å². The molecule has 1 aliphatic rings. The Kier molecular flexibility index (Phi) is 4.23. The van der Waals surface area contributed by atoms with E-state index < -0.39 is 33.0 Å². The van der Waals surface area contributed by atoms with E-state index in [0.717, 1.165) is 28.1 Å². The van der Waals surface area contributed by atoms with E-state index >= 15 is 0 Å². The molecule has 0 spiro atoms. The lowest BCUT2D eigenvalue weighted by molar-refractivity contribution is -0.393. The van der Waals surface area contributed by atoms with Crippen molar-refractivity contribution in [3.8, 4) is 0 Å². The van der Waals surface area contributed by atoms with Crippen LogP contribution in [0, 0.1) is 20.2 Å². The highest BCUT2D eigenvalue weighted by atomic mass is 79.9. The highest BCUT2D eigenvalue weighted by Gasteiger charge is 2.38. The number of nitro groups is 2. The fourth-order valence-electron chi connectivity index (χ4n) is 3.15. The Bertz CT molecular complexity index is 1260. The molecular weight excluding hydrogens is 448 g/mol. The summed E-state index contributed by atoms with van der Waals surface area (Å²) in [6.07, 6.45) is 0. The first kappa shape index (κ1) is 18.5. The number of fused-ring (bicyclic) bond motifs is 3. The Hall–Kier alpha value is -3.86. The fraction of sp³-hybridized carbons (Fsp3) is 0. The molecule has 0 radical (unpaired) electrons. The van der Waals surface area contributed by atoms with E-state index in [4.69, 9.17) is 0 Å². The van der Waals surface area contributed by atoms with Gasteiger partial charge in [-0.05, 0) is 29.0 Å². The predicted octanol–water partition coefficient (Wildman–Crippen LogP) is 4.04. The van der Waals surface area contributed by atoms with Crippen molar-refractivity contribution in [2.24, 2.45) is 0 Å². The number of amides is 2. The molecule has 2 amide bonds. The van der Waals surface area contributed by atoms with Crippen molar-refractivity contribution < 1.29 is 19.4 Å². The molecule has 0 atom stereocenters. The van der Waals surface area contributed by atoms with Gasteiger partial charge in [0.05, 0.1) is 27.0 Å². The number of imide groups is 1. The van der Waals surface area contributed by atoms with Crippen LogP contribution in [0.15, 0.2) is 53.0 Å². The number of nitro benzene ring substituents is 2. The average Bonchev–Trinajstić information content (AvgIpc) is 2.93. The van der Waals surface area contributed by atoms with Gasteiger partial charge < -0.3 is 0 Å². The van der Waals surface area contributed by atoms with Crippen molar-refractivity contribution in [3.63, 3.8) is 0 Å². The number of benzene rings is 3. The molecule has 10 nitrogen and oxygen atoms in total. The Morgan fingerprint density at radius 2 is 1.66 bits per heavy atom. The van der Waals surface area contributed by atoms with Gasteiger partial charge in [0.1, 0.15) is 5.69 Å². The number of nitrogens with one attached hydrogen (secondary N) is 1. The summed E-state index contributed by atoms with van der Waals surface area (Å²) < 4.78 is 0.746. The van der Waals surface area contributed by atoms with Crippen LogP contribution in [0.25, 0.3) is 10.8 Å². The minimum Gasteiger partial charge on any atom is -0.282 e. The number of anilines is 1. The van der Waals surface area contributed by atoms with E-state index in [1.807, 2.05) is 0 Å². The minimum absolute atomic E-state index is 0.151. The predicted molar refractivity (Wildman–Crippen MR) is 106 cm³/mol. The molecule has 0 bridgehead atoms. The maximum Gasteiger partial charge on any atom is 0.300 e. The Labute approximate surface area is 170 Å². The summed E-state index contributed by atoms with van der Waals surface area (Å²) >= 11 is 3.40. The fourth-order valence-corrected chi connectivity index (χ4v) is 3.65. The number of non-ortho nitro benzene ring substituents is 1. The summed E-state index contributed by atoms with van der Waals surface area (Å²) in [4.78, 5) is 46.3. The Morgan fingerprint density at radius 1 is 0.897 bits per heavy atom. The third-order valence-corrected chi connectivity index (χ3v) is 5.17. The van der Waals surface area contributed by atoms with E-state index in [1.165, 1.54) is 6.07 Å². The maximum absolute atomic E-state index is 12.9. The summed E-state index contributed by atoms with van der Waals surface area (Å²) in [7, 11) is 0. The molecule has 0 aliphatic carbocycles. The summed E-state index contributed by atoms with van der Waals surface area (Å²) in [5.41, 5.74) is 1.42. The molecule has 0 saturated heterocycles. The molecule has 1 aliphatic heterocycles. The van der Waals surface area contributed by atoms with E-state index in [9.17, 15) is 29.8 Å². The van der Waals surface area contributed by atoms with Gasteiger partial charge in [-0.2, -0.15) is 5.01 Å². The van der Waals surface area contributed by atoms with Gasteiger partial charge in [0.15, 0.2) is 0 Å². The lowest BCUT2D eigenvalue weighted by Gasteiger charge is -2.16. The topological polar surface area (TPSA) is 136 Å². The van der Waals surface area contributed by atoms with Crippen molar-refractivity contribution in [1.29, 1.82) is 0 Å². The second-order valence-electron chi connectivity index (χ2n) is 6.10. The van der Waals surface area contributed by atoms with E-state index in [0.29, 0.717) is 10.4 Å². The van der Waals surface area contributed by atoms with Crippen LogP contribution in [0.2, 0.25) is 0 Å². The van der Waals surface area contributed by atoms with Crippen molar-refractivity contribution in [1.82, 2.24) is 5.01 Å². The van der Waals surface area contributed by atoms with Gasteiger partial charge in [0.2, 0.25) is 0 Å². The van der Waals surface area contributed by atoms with Crippen LogP contribution in [0.4, 0.5) is 17.1 Å². The molecule has 144 valence electrons. The average molecular weight is 457 g/mol. The zero-order valence-corrected chi connectivity index (χ0v) is 15.9. The molecule has 4 rings (SSSR count). The van der Waals surface area contributed by atoms with Crippen LogP contribution in [-0.2, 0) is 0 Å². The van der Waals surface area contributed by atoms with Crippen molar-refractivity contribution in [2.75, 3.05) is 5.43 Å². The van der Waals surface area contributed by atoms with Crippen LogP contribution in [-0.4, -0.2) is 26.7 Å². The van der Waals surface area contributed by atoms with Crippen LogP contribution >= 0.6 is 15.9 Å². The van der Waals surface area contributed by atoms with Gasteiger partial charge in [-0.1, -0.05) is 34.1 Å². The van der Waals surface area contributed by atoms with Gasteiger partial charge in [0.25, 0.3) is 17.5 Å². The number of hydrazine groups is 1. The first-order chi connectivity index (χ1) is 13.8. The number of carbonyl (C=O) groups is 2. The molecule has 3 aromatic rings. The van der Waals surface area contributed by atoms with E-state index in [-0.39, 0.29) is 16.8 Å². The SMILES string of the molecule is O=C1c2ccc3c(Br)cccc3c2C(=O)N1Nc1ccc([N+](=O)[O-])cc1[N+](=O)[O-]. The molecule has 0 unspecified atom stereocenters. The lowest BCUT2D eigenvalue weighted by atomic mass is 10.0. The van der Waals surface area contributed by atoms with Crippen LogP contribution in [0.1, 0.15) is 20.7 Å². The molecule has 0 saturated carbocycles. The third-order valence-electron chi connectivity index (χ3n) is 4.48. The molecule has 1 N–H and O–H groups in total. The summed E-state index contributed by atoms with van der Waals surface area (Å²) in [5, 5.41) is 24.1. The van der Waals surface area contributed by atoms with Crippen molar-refractivity contribution >= 4 is 55.6 Å². The number of halogens is 1. The number of nitrogens with zero attached hydrogens (tertiary/aromatic N) is 3. The third kappa shape index (κ3) is 2.88. The Morgan fingerprint density at radius 3 is 2.34 bits per heavy atom. The molecular formula is C18H9BrN4O6. The van der Waals surface area contributed by atoms with Gasteiger partial charge in [-0.15, -0.1) is 0 Å². The van der Waals surface area contributed by atoms with Gasteiger partial charge >= 0.3 is 5.69 Å². The minimum atomic E-state index is -0.833. The number of rotatable bonds is 4. The first-order valence-corrected chi connectivity index (χ1v) is 8.88. The number of hydrogen-bond acceptors (Lipinski definition) is 7. The quantitative estimate of drug-likeness (QED) is 0.355. The first-order valence-electron chi connectivity index (χ1n) is 8.09. The molecule has 1 heterocycles. The van der Waals surface area contributed by atoms with Crippen molar-refractivity contribution in [3.05, 3.63) is 84.4 Å². The zero-order chi connectivity index (χ0) is 20.9. The monoisotopic (exact) mass is 456 g/mol. The highest BCUT2D eigenvalue weighted by Crippen LogP contribution is 2.35. The summed E-state index contributed by atoms with van der Waals surface area (Å²) in [5.74, 6) is -1.36. The van der Waals surface area contributed by atoms with E-state index in [1.54, 1.807) is 24.3 Å². The largest absolute Gasteiger partial charge is 0.300 e. The lowest BCUT2D eigenvalue weighted by Crippen LogP contribution is -2.35. The molecule has 3 aromatic carbocycles. The normalized spacial score (nSPS) is 12.9. The smallest absolute Gasteiger partial charge is 0.282 e. The van der Waals surface area contributed by atoms with Crippen LogP contribution in [0.5, 0.6) is 0 Å². The maximum atomic E-state index is 12.9. The standard InChI is InChI=1S/C18H9BrN4O6/c19-13-3-1-2-11-10(13)5-6-12-16(11)18(25)21(17(12)24)20-14-7-4-9(22(26)27)8-15(14)23(28)29/h1-8,20H. The molecule has 0 aromatic heterocycles. The second kappa shape index (κ2) is 6.63. The highest BCUT2D eigenvalue weighted by molar-refractivity contribution is 9.10. The number of hydrogen-bond donors (Lipinski definition) is 1. The van der Waals surface area contributed by atoms with Gasteiger partial charge in [0, 0.05) is 10.5 Å². The summed E-state index contributed by atoms with van der Waals surface area (Å²) in [6, 6.07) is 11.3. The van der Waals surface area contributed by atoms with E-state index in [2.05, 4.69) is 21.4 Å². The van der Waals surface area contributed by atoms with Crippen molar-refractivity contribution in [2.45, 2.75) is 0 Å². The number of carbonyl (C=O) groups excluding carboxylic acids is 2. The molecule has 11 heteroatoms. The van der Waals surface area contributed by atoms with Gasteiger partial charge in [-0.25, -0.2) is 0 Å². The van der Waals surface area contributed by atoms with Gasteiger partial charge in [-0.3, -0.25) is 35.2 Å². The zero-order valence-electron chi connectivity index (χ0n) is 14.3. The Balaban J connectivity index is 1.78. The second-order valence-corrected chi connectivity index (χ2v) is 6.95. The summed E-state index contributed by atoms with van der Waals surface area (Å²) in [6.45, 7) is 0.